The molecule has 160 valence electrons. The highest BCUT2D eigenvalue weighted by molar-refractivity contribution is 7.22. The normalized spacial score (nSPS) is 16.1. The lowest BCUT2D eigenvalue weighted by Crippen LogP contribution is -2.38. The molecule has 1 amide bonds. The lowest BCUT2D eigenvalue weighted by molar-refractivity contribution is -0.135. The van der Waals surface area contributed by atoms with Crippen LogP contribution in [0.15, 0.2) is 24.3 Å². The Kier molecular flexibility index (Phi) is 6.09. The maximum atomic E-state index is 12.7. The van der Waals surface area contributed by atoms with E-state index in [1.807, 2.05) is 9.58 Å². The van der Waals surface area contributed by atoms with Crippen LogP contribution in [0.4, 0.5) is 5.13 Å². The third-order valence-corrected chi connectivity index (χ3v) is 7.06. The molecule has 6 nitrogen and oxygen atoms in total. The van der Waals surface area contributed by atoms with Crippen molar-refractivity contribution in [2.45, 2.75) is 47.0 Å². The van der Waals surface area contributed by atoms with E-state index in [0.29, 0.717) is 5.91 Å². The molecule has 1 saturated heterocycles. The molecule has 7 heteroatoms. The van der Waals surface area contributed by atoms with Gasteiger partial charge in [-0.2, -0.15) is 10.1 Å². The van der Waals surface area contributed by atoms with Crippen molar-refractivity contribution in [2.24, 2.45) is 5.92 Å². The second kappa shape index (κ2) is 8.76. The summed E-state index contributed by atoms with van der Waals surface area (Å²) >= 11 is 1.71. The zero-order valence-corrected chi connectivity index (χ0v) is 19.2. The van der Waals surface area contributed by atoms with E-state index in [4.69, 9.17) is 10.1 Å². The molecule has 0 aliphatic carbocycles. The van der Waals surface area contributed by atoms with Crippen LogP contribution in [0.5, 0.6) is 0 Å². The van der Waals surface area contributed by atoms with Gasteiger partial charge in [0.1, 0.15) is 0 Å². The van der Waals surface area contributed by atoms with E-state index in [2.05, 4.69) is 56.9 Å². The first kappa shape index (κ1) is 20.8. The van der Waals surface area contributed by atoms with E-state index in [9.17, 15) is 4.79 Å². The fourth-order valence-corrected chi connectivity index (χ4v) is 5.23. The highest BCUT2D eigenvalue weighted by Gasteiger charge is 2.25. The van der Waals surface area contributed by atoms with E-state index in [1.54, 1.807) is 11.3 Å². The third-order valence-electron chi connectivity index (χ3n) is 5.84. The standard InChI is InChI=1S/C23H31N5OS/c1-5-8-17(3)22(29)26-11-7-12-27(14-13-26)23-24-21-20(30-23)18(4)25-28(21)19-10-6-9-16(2)15-19/h6,9-10,15,17H,5,7-8,11-14H2,1-4H3/t17-/m1/s1. The fraction of sp³-hybridized carbons (Fsp3) is 0.522. The van der Waals surface area contributed by atoms with E-state index < -0.39 is 0 Å². The van der Waals surface area contributed by atoms with Crippen LogP contribution in [0.1, 0.15) is 44.4 Å². The molecule has 4 rings (SSSR count). The number of anilines is 1. The summed E-state index contributed by atoms with van der Waals surface area (Å²) in [7, 11) is 0. The van der Waals surface area contributed by atoms with Crippen molar-refractivity contribution >= 4 is 32.7 Å². The maximum absolute atomic E-state index is 12.7. The van der Waals surface area contributed by atoms with Crippen LogP contribution in [-0.4, -0.2) is 51.8 Å². The molecule has 0 radical (unpaired) electrons. The van der Waals surface area contributed by atoms with E-state index in [1.165, 1.54) is 5.56 Å². The lowest BCUT2D eigenvalue weighted by Gasteiger charge is -2.24. The zero-order chi connectivity index (χ0) is 21.3. The smallest absolute Gasteiger partial charge is 0.225 e. The molecular weight excluding hydrogens is 394 g/mol. The Bertz CT molecular complexity index is 1040. The highest BCUT2D eigenvalue weighted by atomic mass is 32.1. The summed E-state index contributed by atoms with van der Waals surface area (Å²) in [5.41, 5.74) is 4.18. The molecule has 0 bridgehead atoms. The van der Waals surface area contributed by atoms with E-state index in [0.717, 1.165) is 72.3 Å². The van der Waals surface area contributed by atoms with Crippen LogP contribution in [0, 0.1) is 19.8 Å². The third kappa shape index (κ3) is 4.08. The van der Waals surface area contributed by atoms with Gasteiger partial charge >= 0.3 is 0 Å². The molecule has 0 unspecified atom stereocenters. The quantitative estimate of drug-likeness (QED) is 0.601. The number of aryl methyl sites for hydroxylation is 2. The summed E-state index contributed by atoms with van der Waals surface area (Å²) in [6, 6.07) is 8.36. The second-order valence-corrected chi connectivity index (χ2v) is 9.32. The molecule has 3 aromatic rings. The molecule has 0 spiro atoms. The van der Waals surface area contributed by atoms with Gasteiger partial charge < -0.3 is 9.80 Å². The van der Waals surface area contributed by atoms with Gasteiger partial charge in [-0.3, -0.25) is 4.79 Å². The SMILES string of the molecule is CCC[C@@H](C)C(=O)N1CCCN(c2nc3c(s2)c(C)nn3-c2cccc(C)c2)CC1. The lowest BCUT2D eigenvalue weighted by atomic mass is 10.0. The summed E-state index contributed by atoms with van der Waals surface area (Å²) in [6.07, 6.45) is 2.99. The molecule has 1 aliphatic rings. The number of carbonyl (C=O) groups is 1. The Morgan fingerprint density at radius 2 is 2.03 bits per heavy atom. The van der Waals surface area contributed by atoms with Crippen LogP contribution in [0.3, 0.4) is 0 Å². The predicted molar refractivity (Wildman–Crippen MR) is 124 cm³/mol. The number of nitrogens with zero attached hydrogens (tertiary/aromatic N) is 5. The van der Waals surface area contributed by atoms with Crippen molar-refractivity contribution in [3.63, 3.8) is 0 Å². The monoisotopic (exact) mass is 425 g/mol. The van der Waals surface area contributed by atoms with Gasteiger partial charge in [0.2, 0.25) is 5.91 Å². The molecule has 1 atom stereocenters. The van der Waals surface area contributed by atoms with Crippen molar-refractivity contribution in [1.29, 1.82) is 0 Å². The topological polar surface area (TPSA) is 54.3 Å². The zero-order valence-electron chi connectivity index (χ0n) is 18.4. The van der Waals surface area contributed by atoms with E-state index >= 15 is 0 Å². The fourth-order valence-electron chi connectivity index (χ4n) is 4.20. The number of thiazole rings is 1. The number of carbonyl (C=O) groups excluding carboxylic acids is 1. The van der Waals surface area contributed by atoms with Gasteiger partial charge in [0.05, 0.1) is 16.1 Å². The van der Waals surface area contributed by atoms with Gasteiger partial charge in [0.15, 0.2) is 10.8 Å². The molecule has 30 heavy (non-hydrogen) atoms. The minimum atomic E-state index is 0.118. The highest BCUT2D eigenvalue weighted by Crippen LogP contribution is 2.33. The number of amides is 1. The van der Waals surface area contributed by atoms with Crippen LogP contribution in [0.2, 0.25) is 0 Å². The molecule has 0 N–H and O–H groups in total. The molecule has 1 aliphatic heterocycles. The summed E-state index contributed by atoms with van der Waals surface area (Å²) in [4.78, 5) is 22.1. The summed E-state index contributed by atoms with van der Waals surface area (Å²) in [6.45, 7) is 11.7. The van der Waals surface area contributed by atoms with Crippen molar-refractivity contribution in [3.8, 4) is 5.69 Å². The Labute approximate surface area is 182 Å². The first-order valence-electron chi connectivity index (χ1n) is 10.9. The van der Waals surface area contributed by atoms with Gasteiger partial charge in [-0.05, 0) is 44.4 Å². The average molecular weight is 426 g/mol. The summed E-state index contributed by atoms with van der Waals surface area (Å²) in [5.74, 6) is 0.417. The Hall–Kier alpha value is -2.41. The first-order chi connectivity index (χ1) is 14.5. The van der Waals surface area contributed by atoms with Gasteiger partial charge in [-0.1, -0.05) is 43.7 Å². The van der Waals surface area contributed by atoms with Crippen molar-refractivity contribution in [1.82, 2.24) is 19.7 Å². The van der Waals surface area contributed by atoms with Crippen molar-refractivity contribution in [2.75, 3.05) is 31.1 Å². The Morgan fingerprint density at radius 3 is 2.80 bits per heavy atom. The van der Waals surface area contributed by atoms with E-state index in [-0.39, 0.29) is 5.92 Å². The largest absolute Gasteiger partial charge is 0.346 e. The van der Waals surface area contributed by atoms with Crippen molar-refractivity contribution in [3.05, 3.63) is 35.5 Å². The number of hydrogen-bond donors (Lipinski definition) is 0. The minimum absolute atomic E-state index is 0.118. The van der Waals surface area contributed by atoms with Crippen LogP contribution in [0.25, 0.3) is 16.0 Å². The Morgan fingerprint density at radius 1 is 1.20 bits per heavy atom. The molecule has 1 fully saturated rings. The number of rotatable bonds is 5. The maximum Gasteiger partial charge on any atom is 0.225 e. The number of aromatic nitrogens is 3. The molecule has 1 aromatic carbocycles. The molecular formula is C23H31N5OS. The average Bonchev–Trinajstić information content (AvgIpc) is 3.19. The van der Waals surface area contributed by atoms with Gasteiger partial charge in [-0.15, -0.1) is 0 Å². The van der Waals surface area contributed by atoms with Crippen LogP contribution < -0.4 is 4.90 Å². The predicted octanol–water partition coefficient (Wildman–Crippen LogP) is 4.57. The molecule has 3 heterocycles. The minimum Gasteiger partial charge on any atom is -0.346 e. The van der Waals surface area contributed by atoms with Crippen LogP contribution in [-0.2, 0) is 4.79 Å². The number of benzene rings is 1. The van der Waals surface area contributed by atoms with Gasteiger partial charge in [0.25, 0.3) is 0 Å². The molecule has 2 aromatic heterocycles. The Balaban J connectivity index is 1.55. The first-order valence-corrected chi connectivity index (χ1v) is 11.8. The number of hydrogen-bond acceptors (Lipinski definition) is 5. The summed E-state index contributed by atoms with van der Waals surface area (Å²) < 4.78 is 3.10. The second-order valence-electron chi connectivity index (χ2n) is 8.34. The molecule has 0 saturated carbocycles. The van der Waals surface area contributed by atoms with Crippen LogP contribution >= 0.6 is 11.3 Å². The van der Waals surface area contributed by atoms with Gasteiger partial charge in [-0.25, -0.2) is 4.68 Å². The summed E-state index contributed by atoms with van der Waals surface area (Å²) in [5, 5.41) is 5.76. The van der Waals surface area contributed by atoms with Gasteiger partial charge in [0, 0.05) is 32.1 Å². The van der Waals surface area contributed by atoms with Crippen molar-refractivity contribution < 1.29 is 4.79 Å². The number of fused-ring (bicyclic) bond motifs is 1.